The molecule has 3 rings (SSSR count). The van der Waals surface area contributed by atoms with Crippen molar-refractivity contribution in [3.05, 3.63) is 36.8 Å². The average molecular weight is 376 g/mol. The molecular formula is C21H33N3O3. The van der Waals surface area contributed by atoms with Gasteiger partial charge in [-0.05, 0) is 44.2 Å². The summed E-state index contributed by atoms with van der Waals surface area (Å²) in [6.45, 7) is 8.77. The van der Waals surface area contributed by atoms with Gasteiger partial charge in [0.2, 0.25) is 0 Å². The second-order valence-electron chi connectivity index (χ2n) is 7.21. The van der Waals surface area contributed by atoms with E-state index in [1.54, 1.807) is 6.26 Å². The van der Waals surface area contributed by atoms with E-state index in [9.17, 15) is 0 Å². The molecule has 150 valence electrons. The minimum absolute atomic E-state index is 0.296. The summed E-state index contributed by atoms with van der Waals surface area (Å²) < 4.78 is 17.3. The first-order valence-electron chi connectivity index (χ1n) is 10.2. The van der Waals surface area contributed by atoms with Gasteiger partial charge in [-0.1, -0.05) is 6.08 Å². The van der Waals surface area contributed by atoms with E-state index in [1.807, 2.05) is 18.2 Å². The zero-order valence-corrected chi connectivity index (χ0v) is 16.3. The standard InChI is InChI=1S/C21H33N3O3/c1-2-11-22-21(23-12-8-18-7-5-16-25-18)24-13-9-19(10-14-24)27-17-20-6-3-4-15-26-20/h2,5,7,16,19-20H,1,3-4,6,8-15,17H2,(H,22,23). The van der Waals surface area contributed by atoms with Gasteiger partial charge in [0.15, 0.2) is 5.96 Å². The molecule has 1 unspecified atom stereocenters. The van der Waals surface area contributed by atoms with Gasteiger partial charge in [0.25, 0.3) is 0 Å². The molecule has 2 saturated heterocycles. The van der Waals surface area contributed by atoms with Crippen LogP contribution < -0.4 is 5.32 Å². The molecule has 0 saturated carbocycles. The lowest BCUT2D eigenvalue weighted by atomic mass is 10.1. The highest BCUT2D eigenvalue weighted by Crippen LogP contribution is 2.18. The van der Waals surface area contributed by atoms with Gasteiger partial charge in [0, 0.05) is 39.2 Å². The third-order valence-electron chi connectivity index (χ3n) is 5.14. The maximum Gasteiger partial charge on any atom is 0.194 e. The molecule has 0 spiro atoms. The van der Waals surface area contributed by atoms with Gasteiger partial charge in [-0.15, -0.1) is 6.58 Å². The molecule has 6 heteroatoms. The van der Waals surface area contributed by atoms with Gasteiger partial charge in [0.05, 0.1) is 25.1 Å². The number of hydrogen-bond acceptors (Lipinski definition) is 4. The van der Waals surface area contributed by atoms with Gasteiger partial charge >= 0.3 is 0 Å². The lowest BCUT2D eigenvalue weighted by Gasteiger charge is -2.35. The van der Waals surface area contributed by atoms with Gasteiger partial charge < -0.3 is 24.1 Å². The molecule has 2 aliphatic rings. The van der Waals surface area contributed by atoms with E-state index in [4.69, 9.17) is 18.9 Å². The van der Waals surface area contributed by atoms with Crippen LogP contribution in [-0.4, -0.2) is 62.5 Å². The van der Waals surface area contributed by atoms with E-state index in [0.29, 0.717) is 18.8 Å². The molecule has 6 nitrogen and oxygen atoms in total. The van der Waals surface area contributed by atoms with Crippen LogP contribution in [0.25, 0.3) is 0 Å². The highest BCUT2D eigenvalue weighted by atomic mass is 16.5. The number of guanidine groups is 1. The minimum Gasteiger partial charge on any atom is -0.469 e. The number of nitrogens with one attached hydrogen (secondary N) is 1. The molecule has 1 atom stereocenters. The van der Waals surface area contributed by atoms with E-state index in [0.717, 1.165) is 70.3 Å². The molecule has 1 aromatic heterocycles. The Morgan fingerprint density at radius 3 is 2.93 bits per heavy atom. The summed E-state index contributed by atoms with van der Waals surface area (Å²) in [6.07, 6.45) is 10.7. The molecule has 0 bridgehead atoms. The monoisotopic (exact) mass is 375 g/mol. The molecule has 1 N–H and O–H groups in total. The van der Waals surface area contributed by atoms with Crippen LogP contribution in [0.1, 0.15) is 37.9 Å². The fourth-order valence-electron chi connectivity index (χ4n) is 3.57. The van der Waals surface area contributed by atoms with Crippen molar-refractivity contribution in [2.45, 2.75) is 50.7 Å². The Morgan fingerprint density at radius 2 is 2.22 bits per heavy atom. The maximum absolute atomic E-state index is 6.12. The quantitative estimate of drug-likeness (QED) is 0.430. The van der Waals surface area contributed by atoms with Crippen LogP contribution in [-0.2, 0) is 15.9 Å². The molecule has 0 radical (unpaired) electrons. The Kier molecular flexibility index (Phi) is 8.24. The molecule has 27 heavy (non-hydrogen) atoms. The summed E-state index contributed by atoms with van der Waals surface area (Å²) in [5.74, 6) is 1.93. The zero-order valence-electron chi connectivity index (χ0n) is 16.3. The highest BCUT2D eigenvalue weighted by Gasteiger charge is 2.23. The molecule has 2 aliphatic heterocycles. The predicted molar refractivity (Wildman–Crippen MR) is 107 cm³/mol. The summed E-state index contributed by atoms with van der Waals surface area (Å²) in [4.78, 5) is 7.09. The van der Waals surface area contributed by atoms with Crippen molar-refractivity contribution >= 4 is 5.96 Å². The Balaban J connectivity index is 1.42. The van der Waals surface area contributed by atoms with E-state index < -0.39 is 0 Å². The SMILES string of the molecule is C=CCNC(=NCCc1ccco1)N1CCC(OCC2CCCCO2)CC1. The Labute approximate surface area is 162 Å². The number of furan rings is 1. The van der Waals surface area contributed by atoms with Crippen LogP contribution in [0, 0.1) is 0 Å². The number of aliphatic imine (C=N–C) groups is 1. The molecule has 2 fully saturated rings. The largest absolute Gasteiger partial charge is 0.469 e. The van der Waals surface area contributed by atoms with Gasteiger partial charge in [-0.3, -0.25) is 4.99 Å². The summed E-state index contributed by atoms with van der Waals surface area (Å²) in [5, 5.41) is 3.38. The third-order valence-corrected chi connectivity index (χ3v) is 5.14. The second-order valence-corrected chi connectivity index (χ2v) is 7.21. The van der Waals surface area contributed by atoms with E-state index in [2.05, 4.69) is 16.8 Å². The zero-order chi connectivity index (χ0) is 18.7. The first-order chi connectivity index (χ1) is 13.3. The number of rotatable bonds is 8. The normalized spacial score (nSPS) is 22.0. The second kappa shape index (κ2) is 11.1. The first kappa shape index (κ1) is 20.0. The average Bonchev–Trinajstić information content (AvgIpc) is 3.24. The van der Waals surface area contributed by atoms with Crippen molar-refractivity contribution in [3.8, 4) is 0 Å². The molecule has 1 aromatic rings. The van der Waals surface area contributed by atoms with Crippen LogP contribution >= 0.6 is 0 Å². The molecule has 0 amide bonds. The lowest BCUT2D eigenvalue weighted by molar-refractivity contribution is -0.0721. The summed E-state index contributed by atoms with van der Waals surface area (Å²) >= 11 is 0. The minimum atomic E-state index is 0.296. The van der Waals surface area contributed by atoms with Gasteiger partial charge in [0.1, 0.15) is 5.76 Å². The maximum atomic E-state index is 6.12. The van der Waals surface area contributed by atoms with Gasteiger partial charge in [-0.2, -0.15) is 0 Å². The van der Waals surface area contributed by atoms with Gasteiger partial charge in [-0.25, -0.2) is 0 Å². The lowest BCUT2D eigenvalue weighted by Crippen LogP contribution is -2.47. The van der Waals surface area contributed by atoms with Crippen molar-refractivity contribution in [2.24, 2.45) is 4.99 Å². The highest BCUT2D eigenvalue weighted by molar-refractivity contribution is 5.80. The smallest absolute Gasteiger partial charge is 0.194 e. The predicted octanol–water partition coefficient (Wildman–Crippen LogP) is 3.00. The number of nitrogens with zero attached hydrogens (tertiary/aromatic N) is 2. The van der Waals surface area contributed by atoms with Crippen LogP contribution in [0.3, 0.4) is 0 Å². The van der Waals surface area contributed by atoms with E-state index in [1.165, 1.54) is 12.8 Å². The van der Waals surface area contributed by atoms with Crippen molar-refractivity contribution in [2.75, 3.05) is 39.4 Å². The fraction of sp³-hybridized carbons (Fsp3) is 0.667. The third kappa shape index (κ3) is 6.70. The van der Waals surface area contributed by atoms with Crippen LogP contribution in [0.4, 0.5) is 0 Å². The molecular weight excluding hydrogens is 342 g/mol. The van der Waals surface area contributed by atoms with E-state index in [-0.39, 0.29) is 0 Å². The topological polar surface area (TPSA) is 59.2 Å². The van der Waals surface area contributed by atoms with Crippen LogP contribution in [0.15, 0.2) is 40.5 Å². The first-order valence-corrected chi connectivity index (χ1v) is 10.2. The molecule has 3 heterocycles. The fourth-order valence-corrected chi connectivity index (χ4v) is 3.57. The summed E-state index contributed by atoms with van der Waals surface area (Å²) in [6, 6.07) is 3.91. The van der Waals surface area contributed by atoms with Crippen LogP contribution in [0.5, 0.6) is 0 Å². The Morgan fingerprint density at radius 1 is 1.33 bits per heavy atom. The summed E-state index contributed by atoms with van der Waals surface area (Å²) in [5.41, 5.74) is 0. The Bertz CT molecular complexity index is 559. The van der Waals surface area contributed by atoms with Crippen molar-refractivity contribution < 1.29 is 13.9 Å². The number of ether oxygens (including phenoxy) is 2. The van der Waals surface area contributed by atoms with Crippen molar-refractivity contribution in [3.63, 3.8) is 0 Å². The Hall–Kier alpha value is -1.79. The molecule has 0 aliphatic carbocycles. The summed E-state index contributed by atoms with van der Waals surface area (Å²) in [7, 11) is 0. The van der Waals surface area contributed by atoms with Crippen LogP contribution in [0.2, 0.25) is 0 Å². The number of hydrogen-bond donors (Lipinski definition) is 1. The number of piperidine rings is 1. The van der Waals surface area contributed by atoms with Crippen molar-refractivity contribution in [1.29, 1.82) is 0 Å². The number of likely N-dealkylation sites (tertiary alicyclic amines) is 1. The van der Waals surface area contributed by atoms with Crippen molar-refractivity contribution in [1.82, 2.24) is 10.2 Å². The van der Waals surface area contributed by atoms with E-state index >= 15 is 0 Å². The molecule has 0 aromatic carbocycles.